The molecule has 0 bridgehead atoms. The molecule has 0 aromatic heterocycles. The Kier molecular flexibility index (Phi) is 2.01. The van der Waals surface area contributed by atoms with Crippen LogP contribution in [0.3, 0.4) is 0 Å². The van der Waals surface area contributed by atoms with Gasteiger partial charge in [0, 0.05) is 18.3 Å². The SMILES string of the molecule is N#CC=Cc1ccc2c(c1)CCN2. The molecule has 1 N–H and O–H groups in total. The summed E-state index contributed by atoms with van der Waals surface area (Å²) in [7, 11) is 0. The Balaban J connectivity index is 2.32. The summed E-state index contributed by atoms with van der Waals surface area (Å²) in [4.78, 5) is 0. The van der Waals surface area contributed by atoms with Gasteiger partial charge in [-0.15, -0.1) is 0 Å². The van der Waals surface area contributed by atoms with E-state index < -0.39 is 0 Å². The third-order valence-electron chi connectivity index (χ3n) is 2.19. The number of rotatable bonds is 1. The Labute approximate surface area is 77.5 Å². The van der Waals surface area contributed by atoms with Gasteiger partial charge < -0.3 is 5.32 Å². The molecule has 0 saturated carbocycles. The number of fused-ring (bicyclic) bond motifs is 1. The molecule has 1 aromatic rings. The van der Waals surface area contributed by atoms with Crippen LogP contribution in [0.5, 0.6) is 0 Å². The Bertz CT molecular complexity index is 386. The molecule has 2 heteroatoms. The van der Waals surface area contributed by atoms with Gasteiger partial charge in [0.15, 0.2) is 0 Å². The second-order valence-electron chi connectivity index (χ2n) is 3.06. The second-order valence-corrected chi connectivity index (χ2v) is 3.06. The highest BCUT2D eigenvalue weighted by Crippen LogP contribution is 2.23. The van der Waals surface area contributed by atoms with E-state index in [0.717, 1.165) is 18.5 Å². The van der Waals surface area contributed by atoms with Crippen molar-refractivity contribution in [3.8, 4) is 6.07 Å². The highest BCUT2D eigenvalue weighted by atomic mass is 14.9. The lowest BCUT2D eigenvalue weighted by molar-refractivity contribution is 1.11. The molecule has 0 radical (unpaired) electrons. The van der Waals surface area contributed by atoms with Gasteiger partial charge in [0.05, 0.1) is 6.07 Å². The van der Waals surface area contributed by atoms with Crippen LogP contribution >= 0.6 is 0 Å². The van der Waals surface area contributed by atoms with Crippen LogP contribution in [0.25, 0.3) is 6.08 Å². The number of hydrogen-bond donors (Lipinski definition) is 1. The number of nitriles is 1. The molecule has 0 unspecified atom stereocenters. The predicted molar refractivity (Wildman–Crippen MR) is 53.3 cm³/mol. The minimum atomic E-state index is 1.03. The van der Waals surface area contributed by atoms with Crippen molar-refractivity contribution in [2.45, 2.75) is 6.42 Å². The molecule has 0 spiro atoms. The standard InChI is InChI=1S/C11H10N2/c12-6-1-2-9-3-4-11-10(8-9)5-7-13-11/h1-4,8,13H,5,7H2. The van der Waals surface area contributed by atoms with Gasteiger partial charge in [-0.2, -0.15) is 5.26 Å². The van der Waals surface area contributed by atoms with Crippen molar-refractivity contribution < 1.29 is 0 Å². The summed E-state index contributed by atoms with van der Waals surface area (Å²) in [5.41, 5.74) is 3.68. The predicted octanol–water partition coefficient (Wildman–Crippen LogP) is 2.19. The molecule has 64 valence electrons. The molecule has 1 aliphatic rings. The van der Waals surface area contributed by atoms with Crippen molar-refractivity contribution in [3.63, 3.8) is 0 Å². The monoisotopic (exact) mass is 170 g/mol. The minimum Gasteiger partial charge on any atom is -0.384 e. The van der Waals surface area contributed by atoms with E-state index in [1.807, 2.05) is 18.2 Å². The largest absolute Gasteiger partial charge is 0.384 e. The van der Waals surface area contributed by atoms with Gasteiger partial charge in [-0.05, 0) is 35.8 Å². The van der Waals surface area contributed by atoms with Crippen LogP contribution in [0, 0.1) is 11.3 Å². The van der Waals surface area contributed by atoms with E-state index in [1.165, 1.54) is 17.3 Å². The minimum absolute atomic E-state index is 1.03. The second kappa shape index (κ2) is 3.32. The summed E-state index contributed by atoms with van der Waals surface area (Å²) in [6, 6.07) is 8.20. The number of benzene rings is 1. The maximum Gasteiger partial charge on any atom is 0.0912 e. The van der Waals surface area contributed by atoms with Crippen LogP contribution in [-0.4, -0.2) is 6.54 Å². The Hall–Kier alpha value is -1.75. The molecular formula is C11H10N2. The van der Waals surface area contributed by atoms with E-state index in [-0.39, 0.29) is 0 Å². The molecule has 2 nitrogen and oxygen atoms in total. The number of nitrogens with zero attached hydrogens (tertiary/aromatic N) is 1. The van der Waals surface area contributed by atoms with Gasteiger partial charge in [0.1, 0.15) is 0 Å². The van der Waals surface area contributed by atoms with Gasteiger partial charge in [0.2, 0.25) is 0 Å². The van der Waals surface area contributed by atoms with Gasteiger partial charge in [0.25, 0.3) is 0 Å². The van der Waals surface area contributed by atoms with Crippen LogP contribution < -0.4 is 5.32 Å². The summed E-state index contributed by atoms with van der Waals surface area (Å²) >= 11 is 0. The molecule has 0 atom stereocenters. The summed E-state index contributed by atoms with van der Waals surface area (Å²) < 4.78 is 0. The van der Waals surface area contributed by atoms with Crippen LogP contribution in [0.4, 0.5) is 5.69 Å². The smallest absolute Gasteiger partial charge is 0.0912 e. The van der Waals surface area contributed by atoms with Gasteiger partial charge in [-0.3, -0.25) is 0 Å². The molecule has 1 aromatic carbocycles. The molecule has 2 rings (SSSR count). The Morgan fingerprint density at radius 1 is 1.46 bits per heavy atom. The number of anilines is 1. The van der Waals surface area contributed by atoms with Crippen molar-refractivity contribution in [1.29, 1.82) is 5.26 Å². The van der Waals surface area contributed by atoms with E-state index in [9.17, 15) is 0 Å². The maximum absolute atomic E-state index is 8.37. The van der Waals surface area contributed by atoms with Gasteiger partial charge in [-0.25, -0.2) is 0 Å². The molecule has 0 aliphatic carbocycles. The first-order valence-corrected chi connectivity index (χ1v) is 4.33. The first kappa shape index (κ1) is 7.88. The summed E-state index contributed by atoms with van der Waals surface area (Å²) in [6.45, 7) is 1.03. The maximum atomic E-state index is 8.37. The lowest BCUT2D eigenvalue weighted by atomic mass is 10.1. The fraction of sp³-hybridized carbons (Fsp3) is 0.182. The van der Waals surface area contributed by atoms with E-state index >= 15 is 0 Å². The third kappa shape index (κ3) is 1.54. The highest BCUT2D eigenvalue weighted by molar-refractivity contribution is 5.62. The average molecular weight is 170 g/mol. The van der Waals surface area contributed by atoms with E-state index in [1.54, 1.807) is 0 Å². The zero-order valence-corrected chi connectivity index (χ0v) is 7.25. The summed E-state index contributed by atoms with van der Waals surface area (Å²) in [6.07, 6.45) is 4.42. The van der Waals surface area contributed by atoms with Crippen LogP contribution in [-0.2, 0) is 6.42 Å². The fourth-order valence-corrected chi connectivity index (χ4v) is 1.56. The van der Waals surface area contributed by atoms with Crippen LogP contribution in [0.1, 0.15) is 11.1 Å². The number of nitrogens with one attached hydrogen (secondary N) is 1. The first-order valence-electron chi connectivity index (χ1n) is 4.33. The highest BCUT2D eigenvalue weighted by Gasteiger charge is 2.08. The lowest BCUT2D eigenvalue weighted by Gasteiger charge is -1.99. The van der Waals surface area contributed by atoms with Crippen LogP contribution in [0.2, 0.25) is 0 Å². The van der Waals surface area contributed by atoms with Crippen molar-refractivity contribution in [2.75, 3.05) is 11.9 Å². The summed E-state index contributed by atoms with van der Waals surface area (Å²) in [5, 5.41) is 11.7. The normalized spacial score (nSPS) is 13.8. The number of hydrogen-bond acceptors (Lipinski definition) is 2. The van der Waals surface area contributed by atoms with Crippen LogP contribution in [0.15, 0.2) is 24.3 Å². The molecule has 13 heavy (non-hydrogen) atoms. The summed E-state index contributed by atoms with van der Waals surface area (Å²) in [5.74, 6) is 0. The van der Waals surface area contributed by atoms with Gasteiger partial charge >= 0.3 is 0 Å². The van der Waals surface area contributed by atoms with E-state index in [2.05, 4.69) is 17.4 Å². The molecular weight excluding hydrogens is 160 g/mol. The van der Waals surface area contributed by atoms with Crippen molar-refractivity contribution in [2.24, 2.45) is 0 Å². The van der Waals surface area contributed by atoms with Crippen molar-refractivity contribution >= 4 is 11.8 Å². The molecule has 0 saturated heterocycles. The Morgan fingerprint density at radius 3 is 3.23 bits per heavy atom. The van der Waals surface area contributed by atoms with Crippen molar-refractivity contribution in [3.05, 3.63) is 35.4 Å². The number of allylic oxidation sites excluding steroid dienone is 1. The lowest BCUT2D eigenvalue weighted by Crippen LogP contribution is -1.90. The zero-order chi connectivity index (χ0) is 9.10. The Morgan fingerprint density at radius 2 is 2.38 bits per heavy atom. The fourth-order valence-electron chi connectivity index (χ4n) is 1.56. The first-order chi connectivity index (χ1) is 6.40. The molecule has 0 fully saturated rings. The van der Waals surface area contributed by atoms with E-state index in [4.69, 9.17) is 5.26 Å². The topological polar surface area (TPSA) is 35.8 Å². The quantitative estimate of drug-likeness (QED) is 0.656. The average Bonchev–Trinajstić information content (AvgIpc) is 2.61. The van der Waals surface area contributed by atoms with Gasteiger partial charge in [-0.1, -0.05) is 6.07 Å². The molecule has 1 aliphatic heterocycles. The molecule has 0 amide bonds. The third-order valence-corrected chi connectivity index (χ3v) is 2.19. The van der Waals surface area contributed by atoms with Crippen molar-refractivity contribution in [1.82, 2.24) is 0 Å². The molecule has 1 heterocycles. The van der Waals surface area contributed by atoms with E-state index in [0.29, 0.717) is 0 Å². The zero-order valence-electron chi connectivity index (χ0n) is 7.25.